The summed E-state index contributed by atoms with van der Waals surface area (Å²) in [5, 5.41) is 3.01. The second-order valence-electron chi connectivity index (χ2n) is 4.43. The Morgan fingerprint density at radius 3 is 3.05 bits per heavy atom. The molecule has 0 bridgehead atoms. The van der Waals surface area contributed by atoms with Gasteiger partial charge in [-0.25, -0.2) is 9.37 Å². The molecular formula is C14H15FN4. The summed E-state index contributed by atoms with van der Waals surface area (Å²) in [5.74, 6) is 0.414. The summed E-state index contributed by atoms with van der Waals surface area (Å²) in [6, 6.07) is 8.03. The number of aromatic nitrogens is 2. The Morgan fingerprint density at radius 1 is 1.37 bits per heavy atom. The number of nitrogens with zero attached hydrogens (tertiary/aromatic N) is 3. The first-order chi connectivity index (χ1) is 9.29. The number of halogens is 1. The van der Waals surface area contributed by atoms with Crippen LogP contribution in [-0.2, 0) is 6.42 Å². The van der Waals surface area contributed by atoms with Crippen molar-refractivity contribution >= 4 is 17.5 Å². The Morgan fingerprint density at radius 2 is 2.21 bits per heavy atom. The molecule has 0 unspecified atom stereocenters. The van der Waals surface area contributed by atoms with Crippen LogP contribution in [0.1, 0.15) is 12.5 Å². The van der Waals surface area contributed by atoms with E-state index in [0.29, 0.717) is 18.3 Å². The van der Waals surface area contributed by atoms with Crippen molar-refractivity contribution in [1.29, 1.82) is 0 Å². The van der Waals surface area contributed by atoms with E-state index >= 15 is 0 Å². The van der Waals surface area contributed by atoms with Crippen LogP contribution in [0.25, 0.3) is 0 Å². The Labute approximate surface area is 111 Å². The van der Waals surface area contributed by atoms with E-state index in [-0.39, 0.29) is 0 Å². The van der Waals surface area contributed by atoms with E-state index in [2.05, 4.69) is 21.4 Å². The summed E-state index contributed by atoms with van der Waals surface area (Å²) in [6.45, 7) is 3.41. The van der Waals surface area contributed by atoms with Crippen LogP contribution in [0.5, 0.6) is 0 Å². The number of nitrogens with one attached hydrogen (secondary N) is 1. The van der Waals surface area contributed by atoms with Crippen LogP contribution in [0.2, 0.25) is 0 Å². The molecule has 0 saturated carbocycles. The molecule has 0 radical (unpaired) electrons. The first-order valence-electron chi connectivity index (χ1n) is 6.41. The zero-order valence-corrected chi connectivity index (χ0v) is 10.7. The summed E-state index contributed by atoms with van der Waals surface area (Å²) in [6.07, 6.45) is 2.14. The van der Waals surface area contributed by atoms with E-state index in [1.54, 1.807) is 0 Å². The van der Waals surface area contributed by atoms with Gasteiger partial charge in [-0.3, -0.25) is 0 Å². The normalized spacial score (nSPS) is 13.5. The van der Waals surface area contributed by atoms with Crippen LogP contribution in [0.3, 0.4) is 0 Å². The van der Waals surface area contributed by atoms with E-state index < -0.39 is 5.82 Å². The average Bonchev–Trinajstić information content (AvgIpc) is 2.85. The smallest absolute Gasteiger partial charge is 0.224 e. The number of hydrogen-bond acceptors (Lipinski definition) is 4. The molecule has 1 aliphatic heterocycles. The van der Waals surface area contributed by atoms with Crippen molar-refractivity contribution in [3.63, 3.8) is 0 Å². The Kier molecular flexibility index (Phi) is 3.03. The lowest BCUT2D eigenvalue weighted by molar-refractivity contribution is 0.612. The Balaban J connectivity index is 2.01. The van der Waals surface area contributed by atoms with Crippen LogP contribution in [-0.4, -0.2) is 23.1 Å². The molecular weight excluding hydrogens is 243 g/mol. The van der Waals surface area contributed by atoms with Gasteiger partial charge in [0.05, 0.1) is 6.20 Å². The molecule has 98 valence electrons. The number of benzene rings is 1. The van der Waals surface area contributed by atoms with Gasteiger partial charge < -0.3 is 10.2 Å². The SMILES string of the molecule is CCNc1ncc(F)c(N2CCc3ccccc32)n1. The topological polar surface area (TPSA) is 41.1 Å². The molecule has 0 atom stereocenters. The van der Waals surface area contributed by atoms with E-state index in [1.165, 1.54) is 11.8 Å². The monoisotopic (exact) mass is 258 g/mol. The number of anilines is 3. The van der Waals surface area contributed by atoms with Crippen molar-refractivity contribution in [3.8, 4) is 0 Å². The molecule has 2 aromatic rings. The number of hydrogen-bond donors (Lipinski definition) is 1. The van der Waals surface area contributed by atoms with Gasteiger partial charge in [0.1, 0.15) is 0 Å². The maximum Gasteiger partial charge on any atom is 0.224 e. The summed E-state index contributed by atoms with van der Waals surface area (Å²) in [7, 11) is 0. The van der Waals surface area contributed by atoms with E-state index in [1.807, 2.05) is 30.0 Å². The average molecular weight is 258 g/mol. The standard InChI is InChI=1S/C14H15FN4/c1-2-16-14-17-9-11(15)13(18-14)19-8-7-10-5-3-4-6-12(10)19/h3-6,9H,2,7-8H2,1H3,(H,16,17,18). The summed E-state index contributed by atoms with van der Waals surface area (Å²) >= 11 is 0. The highest BCUT2D eigenvalue weighted by Crippen LogP contribution is 2.34. The van der Waals surface area contributed by atoms with Gasteiger partial charge in [0, 0.05) is 18.8 Å². The van der Waals surface area contributed by atoms with Gasteiger partial charge >= 0.3 is 0 Å². The van der Waals surface area contributed by atoms with Crippen molar-refractivity contribution in [2.45, 2.75) is 13.3 Å². The van der Waals surface area contributed by atoms with E-state index in [9.17, 15) is 4.39 Å². The van der Waals surface area contributed by atoms with Gasteiger partial charge in [0.2, 0.25) is 5.95 Å². The molecule has 0 saturated heterocycles. The highest BCUT2D eigenvalue weighted by atomic mass is 19.1. The van der Waals surface area contributed by atoms with Gasteiger partial charge in [0.25, 0.3) is 0 Å². The van der Waals surface area contributed by atoms with Crippen molar-refractivity contribution in [1.82, 2.24) is 9.97 Å². The quantitative estimate of drug-likeness (QED) is 0.919. The molecule has 1 aromatic heterocycles. The zero-order valence-electron chi connectivity index (χ0n) is 10.7. The maximum atomic E-state index is 14.0. The summed E-state index contributed by atoms with van der Waals surface area (Å²) < 4.78 is 14.0. The largest absolute Gasteiger partial charge is 0.354 e. The lowest BCUT2D eigenvalue weighted by atomic mass is 10.2. The minimum absolute atomic E-state index is 0.343. The Hall–Kier alpha value is -2.17. The van der Waals surface area contributed by atoms with Crippen molar-refractivity contribution < 1.29 is 4.39 Å². The molecule has 0 amide bonds. The molecule has 1 aromatic carbocycles. The van der Waals surface area contributed by atoms with Gasteiger partial charge in [-0.2, -0.15) is 4.98 Å². The van der Waals surface area contributed by atoms with Gasteiger partial charge in [-0.15, -0.1) is 0 Å². The van der Waals surface area contributed by atoms with Crippen LogP contribution >= 0.6 is 0 Å². The van der Waals surface area contributed by atoms with Crippen LogP contribution in [0.15, 0.2) is 30.5 Å². The van der Waals surface area contributed by atoms with Gasteiger partial charge in [0.15, 0.2) is 11.6 Å². The highest BCUT2D eigenvalue weighted by molar-refractivity contribution is 5.68. The minimum Gasteiger partial charge on any atom is -0.354 e. The molecule has 3 rings (SSSR count). The number of fused-ring (bicyclic) bond motifs is 1. The molecule has 19 heavy (non-hydrogen) atoms. The molecule has 0 spiro atoms. The fourth-order valence-corrected chi connectivity index (χ4v) is 2.35. The highest BCUT2D eigenvalue weighted by Gasteiger charge is 2.23. The van der Waals surface area contributed by atoms with Crippen LogP contribution in [0, 0.1) is 5.82 Å². The van der Waals surface area contributed by atoms with Crippen molar-refractivity contribution in [3.05, 3.63) is 41.8 Å². The first kappa shape index (κ1) is 11.9. The third-order valence-electron chi connectivity index (χ3n) is 3.20. The Bertz CT molecular complexity index is 600. The maximum absolute atomic E-state index is 14.0. The van der Waals surface area contributed by atoms with Crippen LogP contribution in [0.4, 0.5) is 21.8 Å². The van der Waals surface area contributed by atoms with E-state index in [0.717, 1.165) is 18.7 Å². The molecule has 2 heterocycles. The molecule has 1 N–H and O–H groups in total. The predicted molar refractivity (Wildman–Crippen MR) is 73.3 cm³/mol. The molecule has 0 aliphatic carbocycles. The van der Waals surface area contributed by atoms with E-state index in [4.69, 9.17) is 0 Å². The second-order valence-corrected chi connectivity index (χ2v) is 4.43. The molecule has 4 nitrogen and oxygen atoms in total. The lowest BCUT2D eigenvalue weighted by Gasteiger charge is -2.19. The molecule has 0 fully saturated rings. The summed E-state index contributed by atoms with van der Waals surface area (Å²) in [4.78, 5) is 10.1. The first-order valence-corrected chi connectivity index (χ1v) is 6.41. The zero-order chi connectivity index (χ0) is 13.2. The molecule has 1 aliphatic rings. The third kappa shape index (κ3) is 2.12. The van der Waals surface area contributed by atoms with Crippen LogP contribution < -0.4 is 10.2 Å². The predicted octanol–water partition coefficient (Wildman–Crippen LogP) is 2.74. The van der Waals surface area contributed by atoms with Gasteiger partial charge in [-0.05, 0) is 25.0 Å². The molecule has 5 heteroatoms. The number of para-hydroxylation sites is 1. The fourth-order valence-electron chi connectivity index (χ4n) is 2.35. The summed E-state index contributed by atoms with van der Waals surface area (Å²) in [5.41, 5.74) is 2.26. The van der Waals surface area contributed by atoms with Crippen molar-refractivity contribution in [2.75, 3.05) is 23.3 Å². The second kappa shape index (κ2) is 4.84. The lowest BCUT2D eigenvalue weighted by Crippen LogP contribution is -2.18. The number of rotatable bonds is 3. The fraction of sp³-hybridized carbons (Fsp3) is 0.286. The third-order valence-corrected chi connectivity index (χ3v) is 3.20. The van der Waals surface area contributed by atoms with Gasteiger partial charge in [-0.1, -0.05) is 18.2 Å². The van der Waals surface area contributed by atoms with Crippen molar-refractivity contribution in [2.24, 2.45) is 0 Å². The minimum atomic E-state index is -0.390.